The Morgan fingerprint density at radius 1 is 1.28 bits per heavy atom. The lowest BCUT2D eigenvalue weighted by atomic mass is 10.0. The number of fused-ring (bicyclic) bond motifs is 3. The first kappa shape index (κ1) is 20.0. The van der Waals surface area contributed by atoms with Crippen LogP contribution in [0, 0.1) is 6.92 Å². The van der Waals surface area contributed by atoms with Gasteiger partial charge in [0.15, 0.2) is 5.69 Å². The number of hydrogen-bond donors (Lipinski definition) is 1. The van der Waals surface area contributed by atoms with Gasteiger partial charge in [-0.2, -0.15) is 0 Å². The molecule has 0 aliphatic carbocycles. The maximum absolute atomic E-state index is 13.4. The Kier molecular flexibility index (Phi) is 5.90. The van der Waals surface area contributed by atoms with Gasteiger partial charge in [-0.25, -0.2) is 0 Å². The maximum atomic E-state index is 13.4. The molecule has 2 atom stereocenters. The molecule has 1 N–H and O–H groups in total. The molecular formula is C23H32N4O2. The average molecular weight is 397 g/mol. The molecule has 2 unspecified atom stereocenters. The molecule has 1 saturated heterocycles. The van der Waals surface area contributed by atoms with Gasteiger partial charge in [-0.3, -0.25) is 9.69 Å². The van der Waals surface area contributed by atoms with Gasteiger partial charge in [0.25, 0.3) is 5.91 Å². The van der Waals surface area contributed by atoms with E-state index in [1.54, 1.807) is 0 Å². The summed E-state index contributed by atoms with van der Waals surface area (Å²) >= 11 is 0. The topological polar surface area (TPSA) is 61.6 Å². The zero-order valence-electron chi connectivity index (χ0n) is 17.8. The highest BCUT2D eigenvalue weighted by atomic mass is 16.5. The second-order valence-corrected chi connectivity index (χ2v) is 8.49. The number of nitrogens with zero attached hydrogens (tertiary/aromatic N) is 3. The molecule has 29 heavy (non-hydrogen) atoms. The molecule has 2 aromatic rings. The summed E-state index contributed by atoms with van der Waals surface area (Å²) in [5.74, 6) is 0.740. The summed E-state index contributed by atoms with van der Waals surface area (Å²) in [5, 5.41) is 7.74. The van der Waals surface area contributed by atoms with Gasteiger partial charge in [0.1, 0.15) is 5.76 Å². The Balaban J connectivity index is 1.66. The zero-order valence-corrected chi connectivity index (χ0v) is 17.8. The van der Waals surface area contributed by atoms with Crippen molar-refractivity contribution in [3.8, 4) is 0 Å². The normalized spacial score (nSPS) is 22.7. The van der Waals surface area contributed by atoms with E-state index in [0.29, 0.717) is 24.3 Å². The third kappa shape index (κ3) is 4.17. The molecule has 3 heterocycles. The van der Waals surface area contributed by atoms with Crippen LogP contribution in [0.2, 0.25) is 0 Å². The van der Waals surface area contributed by atoms with Gasteiger partial charge in [-0.05, 0) is 50.8 Å². The van der Waals surface area contributed by atoms with Gasteiger partial charge < -0.3 is 14.7 Å². The fourth-order valence-electron chi connectivity index (χ4n) is 4.75. The minimum Gasteiger partial charge on any atom is -0.384 e. The van der Waals surface area contributed by atoms with E-state index in [2.05, 4.69) is 54.5 Å². The van der Waals surface area contributed by atoms with Crippen molar-refractivity contribution in [3.05, 3.63) is 46.8 Å². The van der Waals surface area contributed by atoms with Crippen molar-refractivity contribution < 1.29 is 9.32 Å². The molecule has 2 aliphatic rings. The number of hydrogen-bond acceptors (Lipinski definition) is 5. The van der Waals surface area contributed by atoms with E-state index < -0.39 is 0 Å². The van der Waals surface area contributed by atoms with E-state index >= 15 is 0 Å². The number of amides is 1. The summed E-state index contributed by atoms with van der Waals surface area (Å²) in [7, 11) is 2.21. The van der Waals surface area contributed by atoms with E-state index in [9.17, 15) is 4.79 Å². The standard InChI is InChI=1S/C23H32N4O2/c1-4-6-20-13-21(25-29-20)23(28)27-14-17-8-5-7-16(2)22(17)24-12-11-18-9-10-19(15-27)26(18)3/h5,7-8,13,18-19,24H,4,6,9-12,14-15H2,1-3H3. The van der Waals surface area contributed by atoms with Crippen LogP contribution in [0.3, 0.4) is 0 Å². The highest BCUT2D eigenvalue weighted by Crippen LogP contribution is 2.29. The number of benzene rings is 1. The first-order chi connectivity index (χ1) is 14.1. The summed E-state index contributed by atoms with van der Waals surface area (Å²) in [6.07, 6.45) is 5.22. The van der Waals surface area contributed by atoms with Crippen LogP contribution in [0.4, 0.5) is 5.69 Å². The second kappa shape index (κ2) is 8.57. The van der Waals surface area contributed by atoms with Crippen LogP contribution in [0.25, 0.3) is 0 Å². The van der Waals surface area contributed by atoms with Crippen molar-refractivity contribution in [3.63, 3.8) is 0 Å². The van der Waals surface area contributed by atoms with Crippen LogP contribution in [0.15, 0.2) is 28.8 Å². The molecule has 0 radical (unpaired) electrons. The summed E-state index contributed by atoms with van der Waals surface area (Å²) in [6, 6.07) is 9.10. The van der Waals surface area contributed by atoms with Crippen LogP contribution in [0.5, 0.6) is 0 Å². The Morgan fingerprint density at radius 3 is 2.93 bits per heavy atom. The quantitative estimate of drug-likeness (QED) is 0.854. The number of likely N-dealkylation sites (N-methyl/N-ethyl adjacent to an activating group) is 1. The van der Waals surface area contributed by atoms with Crippen LogP contribution in [-0.4, -0.2) is 53.1 Å². The van der Waals surface area contributed by atoms with Crippen LogP contribution in [0.1, 0.15) is 60.0 Å². The number of anilines is 1. The molecule has 4 rings (SSSR count). The molecule has 1 fully saturated rings. The Hall–Kier alpha value is -2.34. The van der Waals surface area contributed by atoms with E-state index in [0.717, 1.165) is 55.8 Å². The van der Waals surface area contributed by atoms with Crippen molar-refractivity contribution in [1.82, 2.24) is 15.0 Å². The van der Waals surface area contributed by atoms with E-state index in [4.69, 9.17) is 4.52 Å². The molecule has 6 nitrogen and oxygen atoms in total. The highest BCUT2D eigenvalue weighted by molar-refractivity contribution is 5.92. The average Bonchev–Trinajstić information content (AvgIpc) is 3.29. The Bertz CT molecular complexity index is 862. The summed E-state index contributed by atoms with van der Waals surface area (Å²) in [6.45, 7) is 6.47. The predicted molar refractivity (Wildman–Crippen MR) is 114 cm³/mol. The SMILES string of the molecule is CCCc1cc(C(=O)N2Cc3cccc(C)c3NCCC3CCC(C2)N3C)no1. The predicted octanol–water partition coefficient (Wildman–Crippen LogP) is 3.86. The summed E-state index contributed by atoms with van der Waals surface area (Å²) < 4.78 is 5.39. The molecule has 1 amide bonds. The number of rotatable bonds is 3. The van der Waals surface area contributed by atoms with Gasteiger partial charge in [0.05, 0.1) is 0 Å². The molecule has 6 heteroatoms. The number of para-hydroxylation sites is 1. The number of aromatic nitrogens is 1. The van der Waals surface area contributed by atoms with Gasteiger partial charge in [-0.15, -0.1) is 0 Å². The molecule has 0 saturated carbocycles. The molecule has 2 bridgehead atoms. The molecule has 2 aliphatic heterocycles. The van der Waals surface area contributed by atoms with Crippen LogP contribution < -0.4 is 5.32 Å². The van der Waals surface area contributed by atoms with Crippen molar-refractivity contribution in [2.75, 3.05) is 25.5 Å². The second-order valence-electron chi connectivity index (χ2n) is 8.49. The van der Waals surface area contributed by atoms with E-state index in [-0.39, 0.29) is 5.91 Å². The third-order valence-electron chi connectivity index (χ3n) is 6.48. The van der Waals surface area contributed by atoms with Crippen molar-refractivity contribution in [2.45, 2.75) is 64.6 Å². The van der Waals surface area contributed by atoms with E-state index in [1.165, 1.54) is 12.0 Å². The number of nitrogens with one attached hydrogen (secondary N) is 1. The van der Waals surface area contributed by atoms with Crippen molar-refractivity contribution in [2.24, 2.45) is 0 Å². The number of aryl methyl sites for hydroxylation is 2. The molecular weight excluding hydrogens is 364 g/mol. The monoisotopic (exact) mass is 396 g/mol. The molecule has 156 valence electrons. The fourth-order valence-corrected chi connectivity index (χ4v) is 4.75. The summed E-state index contributed by atoms with van der Waals surface area (Å²) in [4.78, 5) is 17.8. The lowest BCUT2D eigenvalue weighted by molar-refractivity contribution is 0.0679. The Morgan fingerprint density at radius 2 is 2.10 bits per heavy atom. The Labute approximate surface area is 173 Å². The summed E-state index contributed by atoms with van der Waals surface area (Å²) in [5.41, 5.74) is 3.97. The maximum Gasteiger partial charge on any atom is 0.276 e. The van der Waals surface area contributed by atoms with Crippen molar-refractivity contribution >= 4 is 11.6 Å². The van der Waals surface area contributed by atoms with Crippen molar-refractivity contribution in [1.29, 1.82) is 0 Å². The zero-order chi connectivity index (χ0) is 20.4. The van der Waals surface area contributed by atoms with Gasteiger partial charge in [0.2, 0.25) is 0 Å². The van der Waals surface area contributed by atoms with Gasteiger partial charge in [-0.1, -0.05) is 30.3 Å². The molecule has 1 aromatic carbocycles. The lowest BCUT2D eigenvalue weighted by Gasteiger charge is -2.30. The van der Waals surface area contributed by atoms with E-state index in [1.807, 2.05) is 11.0 Å². The smallest absolute Gasteiger partial charge is 0.276 e. The molecule has 0 spiro atoms. The fraction of sp³-hybridized carbons (Fsp3) is 0.565. The largest absolute Gasteiger partial charge is 0.384 e. The molecule has 1 aromatic heterocycles. The minimum absolute atomic E-state index is 0.0420. The van der Waals surface area contributed by atoms with Gasteiger partial charge >= 0.3 is 0 Å². The van der Waals surface area contributed by atoms with Crippen LogP contribution in [-0.2, 0) is 13.0 Å². The van der Waals surface area contributed by atoms with Crippen LogP contribution >= 0.6 is 0 Å². The van der Waals surface area contributed by atoms with Gasteiger partial charge in [0, 0.05) is 49.9 Å². The third-order valence-corrected chi connectivity index (χ3v) is 6.48. The highest BCUT2D eigenvalue weighted by Gasteiger charge is 2.34. The number of carbonyl (C=O) groups excluding carboxylic acids is 1. The number of carbonyl (C=O) groups is 1. The lowest BCUT2D eigenvalue weighted by Crippen LogP contribution is -2.43. The minimum atomic E-state index is -0.0420. The first-order valence-electron chi connectivity index (χ1n) is 10.9. The first-order valence-corrected chi connectivity index (χ1v) is 10.9.